The lowest BCUT2D eigenvalue weighted by atomic mass is 9.89. The second kappa shape index (κ2) is 4.89. The van der Waals surface area contributed by atoms with Gasteiger partial charge in [0, 0.05) is 12.4 Å². The first kappa shape index (κ1) is 12.8. The van der Waals surface area contributed by atoms with Crippen LogP contribution in [0.1, 0.15) is 19.8 Å². The molecule has 6 nitrogen and oxygen atoms in total. The lowest BCUT2D eigenvalue weighted by Gasteiger charge is -2.46. The van der Waals surface area contributed by atoms with Crippen LogP contribution in [0.15, 0.2) is 23.3 Å². The number of likely N-dealkylation sites (tertiary alicyclic amines) is 1. The maximum atomic E-state index is 11.9. The lowest BCUT2D eigenvalue weighted by Crippen LogP contribution is -2.64. The van der Waals surface area contributed by atoms with E-state index in [-0.39, 0.29) is 12.5 Å². The van der Waals surface area contributed by atoms with Gasteiger partial charge in [-0.3, -0.25) is 9.36 Å². The summed E-state index contributed by atoms with van der Waals surface area (Å²) in [7, 11) is 0. The number of rotatable bonds is 4. The predicted octanol–water partition coefficient (Wildman–Crippen LogP) is -0.383. The molecule has 0 bridgehead atoms. The van der Waals surface area contributed by atoms with Gasteiger partial charge >= 0.3 is 5.69 Å². The van der Waals surface area contributed by atoms with Gasteiger partial charge in [0.15, 0.2) is 0 Å². The van der Waals surface area contributed by atoms with Gasteiger partial charge in [0.05, 0.1) is 18.7 Å². The summed E-state index contributed by atoms with van der Waals surface area (Å²) in [5.41, 5.74) is -1.17. The van der Waals surface area contributed by atoms with Crippen LogP contribution in [0.5, 0.6) is 0 Å². The SMILES string of the molecule is CCCC1(O)CN(C(=O)Cn2cccnc2=O)C1. The van der Waals surface area contributed by atoms with E-state index in [2.05, 4.69) is 4.98 Å². The third kappa shape index (κ3) is 2.59. The number of aliphatic hydroxyl groups is 1. The van der Waals surface area contributed by atoms with E-state index in [0.717, 1.165) is 6.42 Å². The number of carbonyl (C=O) groups is 1. The maximum Gasteiger partial charge on any atom is 0.347 e. The van der Waals surface area contributed by atoms with Crippen molar-refractivity contribution in [3.05, 3.63) is 28.9 Å². The summed E-state index contributed by atoms with van der Waals surface area (Å²) in [6, 6.07) is 1.61. The number of carbonyl (C=O) groups excluding carboxylic acids is 1. The summed E-state index contributed by atoms with van der Waals surface area (Å²) in [5, 5.41) is 9.98. The third-order valence-electron chi connectivity index (χ3n) is 3.13. The Bertz CT molecular complexity index is 491. The molecular formula is C12H17N3O3. The minimum absolute atomic E-state index is 0.0190. The fourth-order valence-corrected chi connectivity index (χ4v) is 2.22. The molecule has 0 unspecified atom stereocenters. The van der Waals surface area contributed by atoms with E-state index < -0.39 is 11.3 Å². The quantitative estimate of drug-likeness (QED) is 0.791. The molecule has 1 amide bonds. The largest absolute Gasteiger partial charge is 0.386 e. The molecule has 1 aromatic rings. The molecule has 1 N–H and O–H groups in total. The highest BCUT2D eigenvalue weighted by Crippen LogP contribution is 2.25. The van der Waals surface area contributed by atoms with Crippen LogP contribution in [0, 0.1) is 0 Å². The highest BCUT2D eigenvalue weighted by Gasteiger charge is 2.42. The highest BCUT2D eigenvalue weighted by atomic mass is 16.3. The predicted molar refractivity (Wildman–Crippen MR) is 64.9 cm³/mol. The topological polar surface area (TPSA) is 75.4 Å². The van der Waals surface area contributed by atoms with Crippen LogP contribution in [0.3, 0.4) is 0 Å². The molecule has 0 aliphatic carbocycles. The summed E-state index contributed by atoms with van der Waals surface area (Å²) < 4.78 is 1.26. The van der Waals surface area contributed by atoms with Gasteiger partial charge in [0.25, 0.3) is 0 Å². The molecule has 98 valence electrons. The molecule has 2 heterocycles. The second-order valence-electron chi connectivity index (χ2n) is 4.75. The molecule has 0 saturated carbocycles. The molecule has 1 fully saturated rings. The Morgan fingerprint density at radius 1 is 1.56 bits per heavy atom. The first-order valence-electron chi connectivity index (χ1n) is 6.06. The van der Waals surface area contributed by atoms with Crippen LogP contribution in [0.25, 0.3) is 0 Å². The summed E-state index contributed by atoms with van der Waals surface area (Å²) >= 11 is 0. The summed E-state index contributed by atoms with van der Waals surface area (Å²) in [6.45, 7) is 2.69. The van der Waals surface area contributed by atoms with E-state index in [1.807, 2.05) is 6.92 Å². The number of β-amino-alcohol motifs (C(OH)–C–C–N with tert-alkyl or cyclic N) is 1. The number of aromatic nitrogens is 2. The molecule has 1 aliphatic rings. The molecule has 1 aliphatic heterocycles. The molecule has 2 rings (SSSR count). The van der Waals surface area contributed by atoms with Crippen LogP contribution in [0.4, 0.5) is 0 Å². The zero-order valence-corrected chi connectivity index (χ0v) is 10.4. The van der Waals surface area contributed by atoms with Crippen LogP contribution < -0.4 is 5.69 Å². The summed E-state index contributed by atoms with van der Waals surface area (Å²) in [6.07, 6.45) is 4.52. The van der Waals surface area contributed by atoms with Crippen LogP contribution in [0.2, 0.25) is 0 Å². The maximum absolute atomic E-state index is 11.9. The summed E-state index contributed by atoms with van der Waals surface area (Å²) in [4.78, 5) is 28.4. The van der Waals surface area contributed by atoms with Gasteiger partial charge in [-0.05, 0) is 12.5 Å². The number of amides is 1. The van der Waals surface area contributed by atoms with Gasteiger partial charge in [-0.1, -0.05) is 13.3 Å². The zero-order chi connectivity index (χ0) is 13.2. The van der Waals surface area contributed by atoms with Gasteiger partial charge in [0.1, 0.15) is 6.54 Å². The minimum atomic E-state index is -0.732. The van der Waals surface area contributed by atoms with Crippen molar-refractivity contribution in [3.63, 3.8) is 0 Å². The molecule has 0 radical (unpaired) electrons. The first-order valence-corrected chi connectivity index (χ1v) is 6.06. The van der Waals surface area contributed by atoms with E-state index >= 15 is 0 Å². The average molecular weight is 251 g/mol. The second-order valence-corrected chi connectivity index (χ2v) is 4.75. The molecule has 0 atom stereocenters. The Hall–Kier alpha value is -1.69. The van der Waals surface area contributed by atoms with Crippen molar-refractivity contribution in [3.8, 4) is 0 Å². The van der Waals surface area contributed by atoms with Crippen LogP contribution >= 0.6 is 0 Å². The van der Waals surface area contributed by atoms with Gasteiger partial charge in [-0.15, -0.1) is 0 Å². The Kier molecular flexibility index (Phi) is 3.47. The molecule has 1 aromatic heterocycles. The number of nitrogens with zero attached hydrogens (tertiary/aromatic N) is 3. The number of hydrogen-bond acceptors (Lipinski definition) is 4. The van der Waals surface area contributed by atoms with E-state index in [1.54, 1.807) is 11.0 Å². The van der Waals surface area contributed by atoms with Crippen LogP contribution in [-0.2, 0) is 11.3 Å². The smallest absolute Gasteiger partial charge is 0.347 e. The Morgan fingerprint density at radius 2 is 2.28 bits per heavy atom. The fourth-order valence-electron chi connectivity index (χ4n) is 2.22. The molecule has 0 aromatic carbocycles. The van der Waals surface area contributed by atoms with Crippen LogP contribution in [-0.4, -0.2) is 44.2 Å². The first-order chi connectivity index (χ1) is 8.54. The zero-order valence-electron chi connectivity index (χ0n) is 10.4. The monoisotopic (exact) mass is 251 g/mol. The van der Waals surface area contributed by atoms with E-state index in [1.165, 1.54) is 17.0 Å². The Labute approximate surface area is 105 Å². The van der Waals surface area contributed by atoms with Crippen molar-refractivity contribution in [1.29, 1.82) is 0 Å². The fraction of sp³-hybridized carbons (Fsp3) is 0.583. The van der Waals surface area contributed by atoms with E-state index in [9.17, 15) is 14.7 Å². The third-order valence-corrected chi connectivity index (χ3v) is 3.13. The lowest BCUT2D eigenvalue weighted by molar-refractivity contribution is -0.157. The Morgan fingerprint density at radius 3 is 2.89 bits per heavy atom. The molecule has 1 saturated heterocycles. The van der Waals surface area contributed by atoms with Gasteiger partial charge < -0.3 is 10.0 Å². The highest BCUT2D eigenvalue weighted by molar-refractivity contribution is 5.77. The Balaban J connectivity index is 1.92. The minimum Gasteiger partial charge on any atom is -0.386 e. The van der Waals surface area contributed by atoms with Crippen molar-refractivity contribution >= 4 is 5.91 Å². The normalized spacial score (nSPS) is 17.3. The number of hydrogen-bond donors (Lipinski definition) is 1. The molecule has 18 heavy (non-hydrogen) atoms. The summed E-state index contributed by atoms with van der Waals surface area (Å²) in [5.74, 6) is -0.161. The standard InChI is InChI=1S/C12H17N3O3/c1-2-4-12(18)8-15(9-12)10(16)7-14-6-3-5-13-11(14)17/h3,5-6,18H,2,4,7-9H2,1H3. The van der Waals surface area contributed by atoms with E-state index in [4.69, 9.17) is 0 Å². The van der Waals surface area contributed by atoms with Crippen molar-refractivity contribution in [1.82, 2.24) is 14.5 Å². The van der Waals surface area contributed by atoms with Crippen molar-refractivity contribution in [2.24, 2.45) is 0 Å². The average Bonchev–Trinajstić information content (AvgIpc) is 2.29. The molecule has 0 spiro atoms. The van der Waals surface area contributed by atoms with Crippen molar-refractivity contribution < 1.29 is 9.90 Å². The van der Waals surface area contributed by atoms with Crippen molar-refractivity contribution in [2.45, 2.75) is 31.9 Å². The molecule has 6 heteroatoms. The van der Waals surface area contributed by atoms with E-state index in [0.29, 0.717) is 19.5 Å². The van der Waals surface area contributed by atoms with Gasteiger partial charge in [-0.25, -0.2) is 9.78 Å². The van der Waals surface area contributed by atoms with Crippen molar-refractivity contribution in [2.75, 3.05) is 13.1 Å². The molecular weight excluding hydrogens is 234 g/mol. The van der Waals surface area contributed by atoms with Gasteiger partial charge in [0.2, 0.25) is 5.91 Å². The van der Waals surface area contributed by atoms with Gasteiger partial charge in [-0.2, -0.15) is 0 Å².